The zero-order chi connectivity index (χ0) is 17.4. The Kier molecular flexibility index (Phi) is 6.57. The van der Waals surface area contributed by atoms with Crippen LogP contribution >= 0.6 is 0 Å². The van der Waals surface area contributed by atoms with E-state index in [1.54, 1.807) is 42.7 Å². The van der Waals surface area contributed by atoms with Crippen LogP contribution in [-0.4, -0.2) is 24.4 Å². The minimum absolute atomic E-state index is 0.106. The van der Waals surface area contributed by atoms with Crippen LogP contribution in [0.1, 0.15) is 36.4 Å². The van der Waals surface area contributed by atoms with Gasteiger partial charge in [0.2, 0.25) is 5.91 Å². The van der Waals surface area contributed by atoms with Gasteiger partial charge in [-0.05, 0) is 49.7 Å². The van der Waals surface area contributed by atoms with Gasteiger partial charge < -0.3 is 20.4 Å². The molecule has 6 heteroatoms. The van der Waals surface area contributed by atoms with Gasteiger partial charge in [-0.2, -0.15) is 0 Å². The van der Waals surface area contributed by atoms with Gasteiger partial charge in [0.1, 0.15) is 5.76 Å². The van der Waals surface area contributed by atoms with E-state index in [1.807, 2.05) is 6.92 Å². The Labute approximate surface area is 141 Å². The van der Waals surface area contributed by atoms with Crippen molar-refractivity contribution in [2.45, 2.75) is 32.9 Å². The predicted molar refractivity (Wildman–Crippen MR) is 92.7 cm³/mol. The van der Waals surface area contributed by atoms with E-state index in [0.29, 0.717) is 29.6 Å². The van der Waals surface area contributed by atoms with E-state index in [9.17, 15) is 9.59 Å². The van der Waals surface area contributed by atoms with Crippen molar-refractivity contribution < 1.29 is 14.0 Å². The number of anilines is 1. The Morgan fingerprint density at radius 3 is 2.54 bits per heavy atom. The Hall–Kier alpha value is -2.60. The summed E-state index contributed by atoms with van der Waals surface area (Å²) in [7, 11) is 0. The van der Waals surface area contributed by atoms with Gasteiger partial charge in [-0.3, -0.25) is 9.59 Å². The van der Waals surface area contributed by atoms with Crippen LogP contribution < -0.4 is 16.0 Å². The standard InChI is InChI=1S/C18H23N3O3/c1-3-13(2)19-12-17(22)21-15-8-6-14(7-9-15)18(23)20-11-16-5-4-10-24-16/h4-10,13,19H,3,11-12H2,1-2H3,(H,20,23)(H,21,22). The summed E-state index contributed by atoms with van der Waals surface area (Å²) >= 11 is 0. The highest BCUT2D eigenvalue weighted by molar-refractivity contribution is 5.96. The van der Waals surface area contributed by atoms with E-state index in [-0.39, 0.29) is 18.4 Å². The fourth-order valence-electron chi connectivity index (χ4n) is 2.00. The number of benzene rings is 1. The summed E-state index contributed by atoms with van der Waals surface area (Å²) in [6, 6.07) is 10.6. The summed E-state index contributed by atoms with van der Waals surface area (Å²) in [5.74, 6) is 0.397. The molecule has 0 saturated carbocycles. The average molecular weight is 329 g/mol. The first-order valence-electron chi connectivity index (χ1n) is 8.02. The van der Waals surface area contributed by atoms with Crippen molar-refractivity contribution in [3.05, 3.63) is 54.0 Å². The highest BCUT2D eigenvalue weighted by atomic mass is 16.3. The van der Waals surface area contributed by atoms with Crippen molar-refractivity contribution in [1.29, 1.82) is 0 Å². The smallest absolute Gasteiger partial charge is 0.251 e. The van der Waals surface area contributed by atoms with Crippen molar-refractivity contribution >= 4 is 17.5 Å². The quantitative estimate of drug-likeness (QED) is 0.695. The van der Waals surface area contributed by atoms with E-state index in [1.165, 1.54) is 0 Å². The van der Waals surface area contributed by atoms with E-state index >= 15 is 0 Å². The maximum atomic E-state index is 12.0. The van der Waals surface area contributed by atoms with Gasteiger partial charge in [-0.1, -0.05) is 6.92 Å². The van der Waals surface area contributed by atoms with Crippen LogP contribution in [0.3, 0.4) is 0 Å². The summed E-state index contributed by atoms with van der Waals surface area (Å²) in [4.78, 5) is 23.9. The minimum atomic E-state index is -0.192. The fraction of sp³-hybridized carbons (Fsp3) is 0.333. The largest absolute Gasteiger partial charge is 0.467 e. The third-order valence-electron chi connectivity index (χ3n) is 3.66. The lowest BCUT2D eigenvalue weighted by molar-refractivity contribution is -0.115. The molecule has 1 heterocycles. The van der Waals surface area contributed by atoms with Crippen LogP contribution in [0.5, 0.6) is 0 Å². The summed E-state index contributed by atoms with van der Waals surface area (Å²) < 4.78 is 5.16. The zero-order valence-electron chi connectivity index (χ0n) is 14.0. The number of hydrogen-bond acceptors (Lipinski definition) is 4. The van der Waals surface area contributed by atoms with Gasteiger partial charge in [-0.25, -0.2) is 0 Å². The maximum absolute atomic E-state index is 12.0. The van der Waals surface area contributed by atoms with E-state index in [4.69, 9.17) is 4.42 Å². The summed E-state index contributed by atoms with van der Waals surface area (Å²) in [5, 5.41) is 8.69. The van der Waals surface area contributed by atoms with Crippen molar-refractivity contribution in [1.82, 2.24) is 10.6 Å². The Morgan fingerprint density at radius 2 is 1.92 bits per heavy atom. The van der Waals surface area contributed by atoms with Crippen LogP contribution in [0.15, 0.2) is 47.1 Å². The molecule has 0 aliphatic carbocycles. The number of furan rings is 1. The second kappa shape index (κ2) is 8.88. The molecule has 1 aromatic heterocycles. The first-order valence-corrected chi connectivity index (χ1v) is 8.02. The number of hydrogen-bond donors (Lipinski definition) is 3. The lowest BCUT2D eigenvalue weighted by Crippen LogP contribution is -2.33. The van der Waals surface area contributed by atoms with E-state index in [2.05, 4.69) is 22.9 Å². The molecule has 128 valence electrons. The molecule has 1 aromatic carbocycles. The molecular weight excluding hydrogens is 306 g/mol. The second-order valence-corrected chi connectivity index (χ2v) is 5.58. The van der Waals surface area contributed by atoms with Gasteiger partial charge in [0.15, 0.2) is 0 Å². The zero-order valence-corrected chi connectivity index (χ0v) is 14.0. The Balaban J connectivity index is 1.81. The molecule has 2 rings (SSSR count). The highest BCUT2D eigenvalue weighted by Crippen LogP contribution is 2.10. The summed E-state index contributed by atoms with van der Waals surface area (Å²) in [6.07, 6.45) is 2.53. The third kappa shape index (κ3) is 5.55. The topological polar surface area (TPSA) is 83.4 Å². The van der Waals surface area contributed by atoms with Crippen LogP contribution in [0.2, 0.25) is 0 Å². The minimum Gasteiger partial charge on any atom is -0.467 e. The van der Waals surface area contributed by atoms with Gasteiger partial charge in [0, 0.05) is 17.3 Å². The molecule has 0 spiro atoms. The van der Waals surface area contributed by atoms with Crippen molar-refractivity contribution in [2.75, 3.05) is 11.9 Å². The van der Waals surface area contributed by atoms with Gasteiger partial charge >= 0.3 is 0 Å². The molecule has 1 atom stereocenters. The number of carbonyl (C=O) groups is 2. The monoisotopic (exact) mass is 329 g/mol. The normalized spacial score (nSPS) is 11.8. The number of rotatable bonds is 8. The third-order valence-corrected chi connectivity index (χ3v) is 3.66. The number of carbonyl (C=O) groups excluding carboxylic acids is 2. The fourth-order valence-corrected chi connectivity index (χ4v) is 2.00. The highest BCUT2D eigenvalue weighted by Gasteiger charge is 2.08. The molecule has 3 N–H and O–H groups in total. The van der Waals surface area contributed by atoms with E-state index in [0.717, 1.165) is 6.42 Å². The van der Waals surface area contributed by atoms with Crippen LogP contribution in [0.25, 0.3) is 0 Å². The van der Waals surface area contributed by atoms with Gasteiger partial charge in [-0.15, -0.1) is 0 Å². The lowest BCUT2D eigenvalue weighted by Gasteiger charge is -2.11. The molecular formula is C18H23N3O3. The van der Waals surface area contributed by atoms with Crippen LogP contribution in [-0.2, 0) is 11.3 Å². The molecule has 6 nitrogen and oxygen atoms in total. The summed E-state index contributed by atoms with van der Waals surface area (Å²) in [5.41, 5.74) is 1.19. The average Bonchev–Trinajstić information content (AvgIpc) is 3.11. The Morgan fingerprint density at radius 1 is 1.17 bits per heavy atom. The molecule has 1 unspecified atom stereocenters. The van der Waals surface area contributed by atoms with Gasteiger partial charge in [0.05, 0.1) is 19.4 Å². The molecule has 0 bridgehead atoms. The van der Waals surface area contributed by atoms with Crippen molar-refractivity contribution in [2.24, 2.45) is 0 Å². The SMILES string of the molecule is CCC(C)NCC(=O)Nc1ccc(C(=O)NCc2ccco2)cc1. The second-order valence-electron chi connectivity index (χ2n) is 5.58. The Bertz CT molecular complexity index is 651. The molecule has 2 aromatic rings. The molecule has 0 radical (unpaired) electrons. The lowest BCUT2D eigenvalue weighted by atomic mass is 10.2. The van der Waals surface area contributed by atoms with Gasteiger partial charge in [0.25, 0.3) is 5.91 Å². The van der Waals surface area contributed by atoms with Crippen LogP contribution in [0.4, 0.5) is 5.69 Å². The summed E-state index contributed by atoms with van der Waals surface area (Å²) in [6.45, 7) is 4.70. The van der Waals surface area contributed by atoms with Crippen molar-refractivity contribution in [3.63, 3.8) is 0 Å². The molecule has 0 fully saturated rings. The van der Waals surface area contributed by atoms with Crippen LogP contribution in [0, 0.1) is 0 Å². The first-order chi connectivity index (χ1) is 11.6. The molecule has 24 heavy (non-hydrogen) atoms. The molecule has 0 saturated heterocycles. The van der Waals surface area contributed by atoms with E-state index < -0.39 is 0 Å². The molecule has 0 aliphatic rings. The maximum Gasteiger partial charge on any atom is 0.251 e. The number of amides is 2. The molecule has 0 aliphatic heterocycles. The molecule has 2 amide bonds. The predicted octanol–water partition coefficient (Wildman–Crippen LogP) is 2.54. The number of nitrogens with one attached hydrogen (secondary N) is 3. The first kappa shape index (κ1) is 17.7. The van der Waals surface area contributed by atoms with Crippen molar-refractivity contribution in [3.8, 4) is 0 Å².